The van der Waals surface area contributed by atoms with Crippen molar-refractivity contribution in [3.05, 3.63) is 64.5 Å². The van der Waals surface area contributed by atoms with Crippen molar-refractivity contribution in [1.82, 2.24) is 0 Å². The molecule has 0 amide bonds. The van der Waals surface area contributed by atoms with E-state index in [2.05, 4.69) is 0 Å². The third-order valence-electron chi connectivity index (χ3n) is 3.07. The van der Waals surface area contributed by atoms with E-state index in [1.54, 1.807) is 18.2 Å². The van der Waals surface area contributed by atoms with Gasteiger partial charge in [-0.25, -0.2) is 4.39 Å². The molecule has 0 aliphatic heterocycles. The van der Waals surface area contributed by atoms with E-state index >= 15 is 0 Å². The van der Waals surface area contributed by atoms with Crippen molar-refractivity contribution in [2.24, 2.45) is 5.73 Å². The summed E-state index contributed by atoms with van der Waals surface area (Å²) in [4.78, 5) is 0.0519. The number of thiocarbonyl (C=S) groups is 1. The number of hydrogen-bond donors (Lipinski definition) is 1. The van der Waals surface area contributed by atoms with Crippen LogP contribution in [-0.2, 0) is 6.61 Å². The fourth-order valence-electron chi connectivity index (χ4n) is 1.90. The first kappa shape index (κ1) is 14.5. The first-order valence-corrected chi connectivity index (χ1v) is 6.67. The monoisotopic (exact) mass is 289 g/mol. The van der Waals surface area contributed by atoms with E-state index in [1.165, 1.54) is 0 Å². The second-order valence-corrected chi connectivity index (χ2v) is 5.14. The van der Waals surface area contributed by atoms with Crippen LogP contribution in [0.1, 0.15) is 22.3 Å². The Morgan fingerprint density at radius 3 is 2.70 bits per heavy atom. The molecule has 0 fully saturated rings. The van der Waals surface area contributed by atoms with Gasteiger partial charge in [-0.1, -0.05) is 36.5 Å². The Balaban J connectivity index is 2.21. The summed E-state index contributed by atoms with van der Waals surface area (Å²) in [7, 11) is 0. The van der Waals surface area contributed by atoms with Crippen LogP contribution in [0.25, 0.3) is 0 Å². The zero-order chi connectivity index (χ0) is 14.7. The number of benzene rings is 2. The zero-order valence-electron chi connectivity index (χ0n) is 11.4. The van der Waals surface area contributed by atoms with Gasteiger partial charge in [-0.2, -0.15) is 0 Å². The van der Waals surface area contributed by atoms with Gasteiger partial charge < -0.3 is 10.5 Å². The van der Waals surface area contributed by atoms with Crippen LogP contribution in [0.5, 0.6) is 5.75 Å². The summed E-state index contributed by atoms with van der Waals surface area (Å²) in [6, 6.07) is 10.9. The van der Waals surface area contributed by atoms with E-state index in [-0.39, 0.29) is 17.2 Å². The minimum Gasteiger partial charge on any atom is -0.489 e. The predicted octanol–water partition coefficient (Wildman–Crippen LogP) is 3.66. The van der Waals surface area contributed by atoms with Crippen LogP contribution >= 0.6 is 12.2 Å². The van der Waals surface area contributed by atoms with Crippen molar-refractivity contribution >= 4 is 17.2 Å². The molecule has 0 saturated heterocycles. The van der Waals surface area contributed by atoms with Crippen molar-refractivity contribution in [2.75, 3.05) is 0 Å². The summed E-state index contributed by atoms with van der Waals surface area (Å²) in [5.74, 6) is 0.343. The molecule has 0 spiro atoms. The highest BCUT2D eigenvalue weighted by atomic mass is 32.1. The fraction of sp³-hybridized carbons (Fsp3) is 0.188. The molecule has 0 saturated carbocycles. The SMILES string of the molecule is Cc1ccc(C)c(OCc2cccc(C(N)=S)c2F)c1. The van der Waals surface area contributed by atoms with Crippen LogP contribution < -0.4 is 10.5 Å². The highest BCUT2D eigenvalue weighted by Gasteiger charge is 2.11. The van der Waals surface area contributed by atoms with Gasteiger partial charge in [-0.3, -0.25) is 0 Å². The first-order valence-electron chi connectivity index (χ1n) is 6.26. The Morgan fingerprint density at radius 1 is 1.25 bits per heavy atom. The maximum Gasteiger partial charge on any atom is 0.139 e. The van der Waals surface area contributed by atoms with Crippen LogP contribution in [0, 0.1) is 19.7 Å². The van der Waals surface area contributed by atoms with Gasteiger partial charge in [0.15, 0.2) is 0 Å². The largest absolute Gasteiger partial charge is 0.489 e. The molecule has 0 aliphatic carbocycles. The third kappa shape index (κ3) is 3.14. The van der Waals surface area contributed by atoms with Gasteiger partial charge >= 0.3 is 0 Å². The summed E-state index contributed by atoms with van der Waals surface area (Å²) in [5, 5.41) is 0. The van der Waals surface area contributed by atoms with Crippen LogP contribution in [0.3, 0.4) is 0 Å². The fourth-order valence-corrected chi connectivity index (χ4v) is 2.06. The van der Waals surface area contributed by atoms with Gasteiger partial charge in [0.05, 0.1) is 0 Å². The number of aryl methyl sites for hydroxylation is 2. The van der Waals surface area contributed by atoms with E-state index in [1.807, 2.05) is 32.0 Å². The van der Waals surface area contributed by atoms with E-state index < -0.39 is 5.82 Å². The standard InChI is InChI=1S/C16H16FNOS/c1-10-6-7-11(2)14(8-10)19-9-12-4-3-5-13(15(12)17)16(18)20/h3-8H,9H2,1-2H3,(H2,18,20). The molecule has 0 aromatic heterocycles. The van der Waals surface area contributed by atoms with E-state index in [4.69, 9.17) is 22.7 Å². The molecule has 20 heavy (non-hydrogen) atoms. The Labute approximate surface area is 123 Å². The van der Waals surface area contributed by atoms with Crippen molar-refractivity contribution in [3.63, 3.8) is 0 Å². The van der Waals surface area contributed by atoms with Crippen molar-refractivity contribution in [2.45, 2.75) is 20.5 Å². The topological polar surface area (TPSA) is 35.2 Å². The Kier molecular flexibility index (Phi) is 4.35. The maximum atomic E-state index is 14.2. The van der Waals surface area contributed by atoms with Crippen LogP contribution in [-0.4, -0.2) is 4.99 Å². The average Bonchev–Trinajstić information content (AvgIpc) is 2.41. The minimum atomic E-state index is -0.412. The second kappa shape index (κ2) is 6.01. The Bertz CT molecular complexity index is 655. The number of halogens is 1. The van der Waals surface area contributed by atoms with Crippen LogP contribution in [0.4, 0.5) is 4.39 Å². The summed E-state index contributed by atoms with van der Waals surface area (Å²) >= 11 is 4.82. The molecule has 2 aromatic carbocycles. The molecule has 0 bridgehead atoms. The zero-order valence-corrected chi connectivity index (χ0v) is 12.3. The van der Waals surface area contributed by atoms with Gasteiger partial charge in [-0.15, -0.1) is 0 Å². The minimum absolute atomic E-state index is 0.0519. The molecule has 0 atom stereocenters. The van der Waals surface area contributed by atoms with E-state index in [9.17, 15) is 4.39 Å². The average molecular weight is 289 g/mol. The molecule has 104 valence electrons. The lowest BCUT2D eigenvalue weighted by molar-refractivity contribution is 0.297. The van der Waals surface area contributed by atoms with Gasteiger partial charge in [0.1, 0.15) is 23.2 Å². The summed E-state index contributed by atoms with van der Waals surface area (Å²) < 4.78 is 19.9. The quantitative estimate of drug-likeness (QED) is 0.873. The second-order valence-electron chi connectivity index (χ2n) is 4.70. The third-order valence-corrected chi connectivity index (χ3v) is 3.29. The molecule has 4 heteroatoms. The molecule has 0 heterocycles. The van der Waals surface area contributed by atoms with Gasteiger partial charge in [0.25, 0.3) is 0 Å². The lowest BCUT2D eigenvalue weighted by atomic mass is 10.1. The Morgan fingerprint density at radius 2 is 2.00 bits per heavy atom. The lowest BCUT2D eigenvalue weighted by Gasteiger charge is -2.12. The van der Waals surface area contributed by atoms with Crippen molar-refractivity contribution < 1.29 is 9.13 Å². The molecular weight excluding hydrogens is 273 g/mol. The summed E-state index contributed by atoms with van der Waals surface area (Å²) in [6.07, 6.45) is 0. The van der Waals surface area contributed by atoms with Gasteiger partial charge in [-0.05, 0) is 37.1 Å². The smallest absolute Gasteiger partial charge is 0.139 e. The molecule has 0 aliphatic rings. The molecular formula is C16H16FNOS. The molecule has 2 rings (SSSR count). The van der Waals surface area contributed by atoms with Gasteiger partial charge in [0, 0.05) is 11.1 Å². The van der Waals surface area contributed by atoms with Crippen molar-refractivity contribution in [1.29, 1.82) is 0 Å². The lowest BCUT2D eigenvalue weighted by Crippen LogP contribution is -2.13. The molecule has 2 nitrogen and oxygen atoms in total. The molecule has 2 aromatic rings. The molecule has 2 N–H and O–H groups in total. The molecule has 0 unspecified atom stereocenters. The number of rotatable bonds is 4. The number of ether oxygens (including phenoxy) is 1. The highest BCUT2D eigenvalue weighted by molar-refractivity contribution is 7.80. The van der Waals surface area contributed by atoms with E-state index in [0.29, 0.717) is 5.56 Å². The summed E-state index contributed by atoms with van der Waals surface area (Å²) in [6.45, 7) is 4.09. The molecule has 0 radical (unpaired) electrons. The normalized spacial score (nSPS) is 10.3. The Hall–Kier alpha value is -1.94. The van der Waals surface area contributed by atoms with Crippen molar-refractivity contribution in [3.8, 4) is 5.75 Å². The first-order chi connectivity index (χ1) is 9.49. The number of hydrogen-bond acceptors (Lipinski definition) is 2. The van der Waals surface area contributed by atoms with E-state index in [0.717, 1.165) is 16.9 Å². The predicted molar refractivity (Wildman–Crippen MR) is 82.5 cm³/mol. The maximum absolute atomic E-state index is 14.2. The highest BCUT2D eigenvalue weighted by Crippen LogP contribution is 2.21. The van der Waals surface area contributed by atoms with Gasteiger partial charge in [0.2, 0.25) is 0 Å². The summed E-state index contributed by atoms with van der Waals surface area (Å²) in [5.41, 5.74) is 8.29. The van der Waals surface area contributed by atoms with Crippen LogP contribution in [0.15, 0.2) is 36.4 Å². The van der Waals surface area contributed by atoms with Crippen LogP contribution in [0.2, 0.25) is 0 Å². The number of nitrogens with two attached hydrogens (primary N) is 1.